The molecule has 1 N–H and O–H groups in total. The van der Waals surface area contributed by atoms with Gasteiger partial charge >= 0.3 is 18.2 Å². The first-order valence-electron chi connectivity index (χ1n) is 12.4. The average molecular weight is 495 g/mol. The van der Waals surface area contributed by atoms with E-state index in [-0.39, 0.29) is 19.1 Å². The van der Waals surface area contributed by atoms with Crippen molar-refractivity contribution in [3.8, 4) is 11.1 Å². The third kappa shape index (κ3) is 5.32. The van der Waals surface area contributed by atoms with Crippen molar-refractivity contribution >= 4 is 18.2 Å². The van der Waals surface area contributed by atoms with Crippen molar-refractivity contribution < 1.29 is 29.0 Å². The maximum absolute atomic E-state index is 13.4. The molecule has 1 heterocycles. The number of hydrogen-bond acceptors (Lipinski definition) is 5. The molecule has 1 unspecified atom stereocenters. The Labute approximate surface area is 211 Å². The highest BCUT2D eigenvalue weighted by Gasteiger charge is 2.39. The number of rotatable bonds is 5. The SMILES string of the molecule is CC(C(=O)O)N(C(=O)OCC1c2ccccc2-c2ccccc21)[C@H]1CCCN(C(=O)OC(C)(C)C)C1. The highest BCUT2D eigenvalue weighted by atomic mass is 16.6. The normalized spacial score (nSPS) is 18.1. The minimum Gasteiger partial charge on any atom is -0.480 e. The van der Waals surface area contributed by atoms with Gasteiger partial charge in [-0.05, 0) is 62.8 Å². The molecule has 36 heavy (non-hydrogen) atoms. The molecule has 0 aromatic heterocycles. The van der Waals surface area contributed by atoms with Crippen LogP contribution < -0.4 is 0 Å². The Kier molecular flexibility index (Phi) is 7.24. The number of fused-ring (bicyclic) bond motifs is 3. The van der Waals surface area contributed by atoms with Crippen LogP contribution in [0.4, 0.5) is 9.59 Å². The maximum Gasteiger partial charge on any atom is 0.410 e. The van der Waals surface area contributed by atoms with Crippen molar-refractivity contribution in [3.63, 3.8) is 0 Å². The second kappa shape index (κ2) is 10.2. The average Bonchev–Trinajstić information content (AvgIpc) is 3.15. The predicted octanol–water partition coefficient (Wildman–Crippen LogP) is 5.11. The van der Waals surface area contributed by atoms with Gasteiger partial charge in [-0.15, -0.1) is 0 Å². The van der Waals surface area contributed by atoms with Gasteiger partial charge in [0, 0.05) is 19.0 Å². The molecular formula is C28H34N2O6. The number of hydrogen-bond donors (Lipinski definition) is 1. The predicted molar refractivity (Wildman–Crippen MR) is 135 cm³/mol. The van der Waals surface area contributed by atoms with E-state index in [2.05, 4.69) is 12.1 Å². The maximum atomic E-state index is 13.4. The molecule has 0 bridgehead atoms. The zero-order valence-corrected chi connectivity index (χ0v) is 21.3. The van der Waals surface area contributed by atoms with Gasteiger partial charge in [-0.2, -0.15) is 0 Å². The largest absolute Gasteiger partial charge is 0.480 e. The van der Waals surface area contributed by atoms with Gasteiger partial charge < -0.3 is 19.5 Å². The van der Waals surface area contributed by atoms with Gasteiger partial charge in [0.25, 0.3) is 0 Å². The number of nitrogens with zero attached hydrogens (tertiary/aromatic N) is 2. The first-order valence-corrected chi connectivity index (χ1v) is 12.4. The lowest BCUT2D eigenvalue weighted by molar-refractivity contribution is -0.143. The summed E-state index contributed by atoms with van der Waals surface area (Å²) >= 11 is 0. The fraction of sp³-hybridized carbons (Fsp3) is 0.464. The van der Waals surface area contributed by atoms with E-state index in [9.17, 15) is 19.5 Å². The summed E-state index contributed by atoms with van der Waals surface area (Å²) < 4.78 is 11.3. The zero-order valence-electron chi connectivity index (χ0n) is 21.3. The Morgan fingerprint density at radius 2 is 1.64 bits per heavy atom. The molecule has 0 radical (unpaired) electrons. The molecule has 0 saturated carbocycles. The second-order valence-corrected chi connectivity index (χ2v) is 10.4. The molecule has 1 saturated heterocycles. The molecule has 2 aromatic rings. The molecule has 2 aromatic carbocycles. The van der Waals surface area contributed by atoms with Crippen molar-refractivity contribution in [3.05, 3.63) is 59.7 Å². The Morgan fingerprint density at radius 1 is 1.06 bits per heavy atom. The topological polar surface area (TPSA) is 96.4 Å². The van der Waals surface area contributed by atoms with Crippen molar-refractivity contribution in [2.45, 2.75) is 64.1 Å². The second-order valence-electron chi connectivity index (χ2n) is 10.4. The molecule has 8 nitrogen and oxygen atoms in total. The third-order valence-electron chi connectivity index (χ3n) is 6.76. The molecule has 2 amide bonds. The van der Waals surface area contributed by atoms with Crippen LogP contribution in [-0.2, 0) is 14.3 Å². The minimum atomic E-state index is -1.13. The van der Waals surface area contributed by atoms with E-state index >= 15 is 0 Å². The van der Waals surface area contributed by atoms with Crippen LogP contribution in [-0.4, -0.2) is 70.4 Å². The summed E-state index contributed by atoms with van der Waals surface area (Å²) in [6.45, 7) is 7.63. The Balaban J connectivity index is 1.51. The molecule has 192 valence electrons. The Hall–Kier alpha value is -3.55. The highest BCUT2D eigenvalue weighted by Crippen LogP contribution is 2.44. The van der Waals surface area contributed by atoms with Crippen molar-refractivity contribution in [2.75, 3.05) is 19.7 Å². The van der Waals surface area contributed by atoms with Gasteiger partial charge in [-0.25, -0.2) is 14.4 Å². The lowest BCUT2D eigenvalue weighted by atomic mass is 9.98. The van der Waals surface area contributed by atoms with Gasteiger partial charge in [-0.3, -0.25) is 4.90 Å². The van der Waals surface area contributed by atoms with Crippen LogP contribution in [0.15, 0.2) is 48.5 Å². The van der Waals surface area contributed by atoms with Crippen molar-refractivity contribution in [1.29, 1.82) is 0 Å². The number of carboxylic acid groups (broad SMARTS) is 1. The van der Waals surface area contributed by atoms with Gasteiger partial charge in [-0.1, -0.05) is 48.5 Å². The van der Waals surface area contributed by atoms with Gasteiger partial charge in [0.05, 0.1) is 6.04 Å². The van der Waals surface area contributed by atoms with Gasteiger partial charge in [0.1, 0.15) is 18.2 Å². The number of carboxylic acids is 1. The molecule has 4 rings (SSSR count). The monoisotopic (exact) mass is 494 g/mol. The summed E-state index contributed by atoms with van der Waals surface area (Å²) in [5.74, 6) is -1.26. The highest BCUT2D eigenvalue weighted by molar-refractivity contribution is 5.81. The number of carbonyl (C=O) groups excluding carboxylic acids is 2. The summed E-state index contributed by atoms with van der Waals surface area (Å²) in [7, 11) is 0. The van der Waals surface area contributed by atoms with Crippen LogP contribution in [0, 0.1) is 0 Å². The van der Waals surface area contributed by atoms with E-state index in [1.807, 2.05) is 36.4 Å². The standard InChI is InChI=1S/C28H34N2O6/c1-18(25(31)32)30(19-10-9-15-29(16-19)26(33)36-28(2,3)4)27(34)35-17-24-22-13-7-5-11-20(22)21-12-6-8-14-23(21)24/h5-8,11-14,18-19,24H,9-10,15-17H2,1-4H3,(H,31,32)/t18?,19-/m0/s1. The summed E-state index contributed by atoms with van der Waals surface area (Å²) in [4.78, 5) is 40.8. The van der Waals surface area contributed by atoms with E-state index in [1.54, 1.807) is 20.8 Å². The molecule has 2 aliphatic rings. The van der Waals surface area contributed by atoms with Crippen LogP contribution in [0.25, 0.3) is 11.1 Å². The fourth-order valence-electron chi connectivity index (χ4n) is 5.09. The summed E-state index contributed by atoms with van der Waals surface area (Å²) in [6.07, 6.45) is 0.0373. The van der Waals surface area contributed by atoms with Crippen molar-refractivity contribution in [1.82, 2.24) is 9.80 Å². The Morgan fingerprint density at radius 3 is 2.19 bits per heavy atom. The van der Waals surface area contributed by atoms with Crippen LogP contribution in [0.5, 0.6) is 0 Å². The number of aliphatic carboxylic acids is 1. The van der Waals surface area contributed by atoms with E-state index < -0.39 is 35.8 Å². The number of amides is 2. The van der Waals surface area contributed by atoms with Crippen molar-refractivity contribution in [2.24, 2.45) is 0 Å². The van der Waals surface area contributed by atoms with Crippen LogP contribution in [0.2, 0.25) is 0 Å². The smallest absolute Gasteiger partial charge is 0.410 e. The summed E-state index contributed by atoms with van der Waals surface area (Å²) in [5, 5.41) is 9.75. The number of carbonyl (C=O) groups is 3. The van der Waals surface area contributed by atoms with Gasteiger partial charge in [0.2, 0.25) is 0 Å². The summed E-state index contributed by atoms with van der Waals surface area (Å²) in [5.41, 5.74) is 3.75. The Bertz CT molecular complexity index is 1100. The van der Waals surface area contributed by atoms with Crippen LogP contribution >= 0.6 is 0 Å². The van der Waals surface area contributed by atoms with E-state index in [1.165, 1.54) is 16.7 Å². The third-order valence-corrected chi connectivity index (χ3v) is 6.76. The molecular weight excluding hydrogens is 460 g/mol. The van der Waals surface area contributed by atoms with E-state index in [0.717, 1.165) is 22.3 Å². The number of ether oxygens (including phenoxy) is 2. The molecule has 1 aliphatic heterocycles. The molecule has 0 spiro atoms. The number of benzene rings is 2. The molecule has 1 aliphatic carbocycles. The summed E-state index contributed by atoms with van der Waals surface area (Å²) in [6, 6.07) is 14.5. The van der Waals surface area contributed by atoms with Crippen LogP contribution in [0.1, 0.15) is 57.6 Å². The fourth-order valence-corrected chi connectivity index (χ4v) is 5.09. The van der Waals surface area contributed by atoms with E-state index in [4.69, 9.17) is 9.47 Å². The molecule has 8 heteroatoms. The first-order chi connectivity index (χ1) is 17.1. The quantitative estimate of drug-likeness (QED) is 0.621. The minimum absolute atomic E-state index is 0.0954. The zero-order chi connectivity index (χ0) is 26.0. The van der Waals surface area contributed by atoms with Crippen LogP contribution in [0.3, 0.4) is 0 Å². The number of piperidine rings is 1. The van der Waals surface area contributed by atoms with E-state index in [0.29, 0.717) is 19.4 Å². The molecule has 2 atom stereocenters. The first kappa shape index (κ1) is 25.5. The molecule has 1 fully saturated rings. The van der Waals surface area contributed by atoms with Gasteiger partial charge in [0.15, 0.2) is 0 Å². The number of likely N-dealkylation sites (tertiary alicyclic amines) is 1. The lowest BCUT2D eigenvalue weighted by Crippen LogP contribution is -2.56. The lowest BCUT2D eigenvalue weighted by Gasteiger charge is -2.40.